The van der Waals surface area contributed by atoms with Gasteiger partial charge in [0.2, 0.25) is 10.0 Å². The number of ether oxygens (including phenoxy) is 1. The third-order valence-electron chi connectivity index (χ3n) is 4.95. The molecule has 0 N–H and O–H groups in total. The standard InChI is InChI=1S/C19H25F3N4O3S/c1-15(2)18-23-7-8-25(18)12-9-24-10-13-26(14-11-24)30(27,28)17-5-3-16(4-6-17)29-19(20,21)22/h3-8,15H,9-14H2,1-2H3. The Morgan fingerprint density at radius 3 is 2.27 bits per heavy atom. The van der Waals surface area contributed by atoms with Gasteiger partial charge in [0, 0.05) is 57.6 Å². The van der Waals surface area contributed by atoms with Crippen molar-refractivity contribution >= 4 is 10.0 Å². The van der Waals surface area contributed by atoms with Crippen molar-refractivity contribution in [2.75, 3.05) is 32.7 Å². The zero-order valence-electron chi connectivity index (χ0n) is 16.8. The summed E-state index contributed by atoms with van der Waals surface area (Å²) in [6, 6.07) is 4.28. The summed E-state index contributed by atoms with van der Waals surface area (Å²) < 4.78 is 69.6. The molecule has 0 atom stereocenters. The summed E-state index contributed by atoms with van der Waals surface area (Å²) in [6.45, 7) is 7.55. The maximum absolute atomic E-state index is 12.8. The predicted octanol–water partition coefficient (Wildman–Crippen LogP) is 2.91. The highest BCUT2D eigenvalue weighted by Crippen LogP contribution is 2.25. The topological polar surface area (TPSA) is 67.7 Å². The largest absolute Gasteiger partial charge is 0.573 e. The number of piperazine rings is 1. The summed E-state index contributed by atoms with van der Waals surface area (Å²) in [5.74, 6) is 0.899. The molecule has 3 rings (SSSR count). The average Bonchev–Trinajstić information content (AvgIpc) is 3.15. The van der Waals surface area contributed by atoms with Crippen LogP contribution in [0.4, 0.5) is 13.2 Å². The lowest BCUT2D eigenvalue weighted by Crippen LogP contribution is -2.49. The van der Waals surface area contributed by atoms with Crippen LogP contribution in [0, 0.1) is 0 Å². The highest BCUT2D eigenvalue weighted by Gasteiger charge is 2.32. The molecule has 1 fully saturated rings. The Morgan fingerprint density at radius 2 is 1.70 bits per heavy atom. The molecule has 2 heterocycles. The molecular weight excluding hydrogens is 421 g/mol. The minimum atomic E-state index is -4.82. The van der Waals surface area contributed by atoms with Crippen LogP contribution in [-0.2, 0) is 16.6 Å². The fourth-order valence-electron chi connectivity index (χ4n) is 3.42. The van der Waals surface area contributed by atoms with Crippen molar-refractivity contribution in [1.82, 2.24) is 18.8 Å². The third-order valence-corrected chi connectivity index (χ3v) is 6.86. The third kappa shape index (κ3) is 5.52. The van der Waals surface area contributed by atoms with Gasteiger partial charge in [-0.05, 0) is 24.3 Å². The molecule has 0 bridgehead atoms. The second kappa shape index (κ2) is 8.94. The van der Waals surface area contributed by atoms with Gasteiger partial charge < -0.3 is 9.30 Å². The van der Waals surface area contributed by atoms with E-state index >= 15 is 0 Å². The molecule has 0 radical (unpaired) electrons. The highest BCUT2D eigenvalue weighted by molar-refractivity contribution is 7.89. The number of sulfonamides is 1. The quantitative estimate of drug-likeness (QED) is 0.654. The van der Waals surface area contributed by atoms with E-state index in [1.165, 1.54) is 4.31 Å². The van der Waals surface area contributed by atoms with Gasteiger partial charge in [-0.25, -0.2) is 13.4 Å². The smallest absolute Gasteiger partial charge is 0.406 e. The maximum atomic E-state index is 12.8. The zero-order valence-corrected chi connectivity index (χ0v) is 17.7. The number of aromatic nitrogens is 2. The fourth-order valence-corrected chi connectivity index (χ4v) is 4.84. The Morgan fingerprint density at radius 1 is 1.07 bits per heavy atom. The molecule has 1 aliphatic heterocycles. The van der Waals surface area contributed by atoms with Crippen molar-refractivity contribution in [3.8, 4) is 5.75 Å². The van der Waals surface area contributed by atoms with Crippen molar-refractivity contribution in [3.05, 3.63) is 42.5 Å². The van der Waals surface area contributed by atoms with Crippen LogP contribution in [0.15, 0.2) is 41.6 Å². The Balaban J connectivity index is 1.55. The normalized spacial score (nSPS) is 16.9. The number of benzene rings is 1. The van der Waals surface area contributed by atoms with Crippen molar-refractivity contribution in [1.29, 1.82) is 0 Å². The number of imidazole rings is 1. The zero-order chi connectivity index (χ0) is 21.9. The molecule has 166 valence electrons. The van der Waals surface area contributed by atoms with Gasteiger partial charge in [-0.15, -0.1) is 13.2 Å². The molecule has 1 aromatic carbocycles. The van der Waals surface area contributed by atoms with E-state index in [4.69, 9.17) is 0 Å². The molecule has 7 nitrogen and oxygen atoms in total. The minimum absolute atomic E-state index is 0.0505. The number of halogens is 3. The summed E-state index contributed by atoms with van der Waals surface area (Å²) in [6.07, 6.45) is -1.09. The van der Waals surface area contributed by atoms with Gasteiger partial charge in [-0.1, -0.05) is 13.8 Å². The molecule has 2 aromatic rings. The molecule has 0 spiro atoms. The van der Waals surface area contributed by atoms with Crippen molar-refractivity contribution in [3.63, 3.8) is 0 Å². The van der Waals surface area contributed by atoms with Crippen molar-refractivity contribution < 1.29 is 26.3 Å². The molecule has 1 aliphatic rings. The van der Waals surface area contributed by atoms with Gasteiger partial charge in [0.15, 0.2) is 0 Å². The number of hydrogen-bond acceptors (Lipinski definition) is 5. The summed E-state index contributed by atoms with van der Waals surface area (Å²) in [7, 11) is -3.77. The summed E-state index contributed by atoms with van der Waals surface area (Å²) >= 11 is 0. The van der Waals surface area contributed by atoms with Crippen molar-refractivity contribution in [2.45, 2.75) is 37.6 Å². The van der Waals surface area contributed by atoms with Gasteiger partial charge in [-0.2, -0.15) is 4.31 Å². The fraction of sp³-hybridized carbons (Fsp3) is 0.526. The van der Waals surface area contributed by atoms with Gasteiger partial charge in [0.1, 0.15) is 11.6 Å². The first-order chi connectivity index (χ1) is 14.1. The molecule has 0 saturated carbocycles. The Bertz CT molecular complexity index is 935. The van der Waals surface area contributed by atoms with Gasteiger partial charge in [-0.3, -0.25) is 4.90 Å². The Labute approximate surface area is 174 Å². The van der Waals surface area contributed by atoms with Crippen LogP contribution >= 0.6 is 0 Å². The summed E-state index contributed by atoms with van der Waals surface area (Å²) in [5, 5.41) is 0. The maximum Gasteiger partial charge on any atom is 0.573 e. The van der Waals surface area contributed by atoms with E-state index in [0.29, 0.717) is 32.1 Å². The molecule has 0 aliphatic carbocycles. The lowest BCUT2D eigenvalue weighted by atomic mass is 10.2. The molecule has 1 aromatic heterocycles. The van der Waals surface area contributed by atoms with Gasteiger partial charge in [0.05, 0.1) is 4.90 Å². The molecular formula is C19H25F3N4O3S. The van der Waals surface area contributed by atoms with E-state index in [-0.39, 0.29) is 4.90 Å². The number of nitrogens with zero attached hydrogens (tertiary/aromatic N) is 4. The van der Waals surface area contributed by atoms with E-state index in [0.717, 1.165) is 43.2 Å². The van der Waals surface area contributed by atoms with E-state index in [2.05, 4.69) is 33.0 Å². The lowest BCUT2D eigenvalue weighted by Gasteiger charge is -2.34. The SMILES string of the molecule is CC(C)c1nccn1CCN1CCN(S(=O)(=O)c2ccc(OC(F)(F)F)cc2)CC1. The molecule has 0 unspecified atom stereocenters. The first kappa shape index (κ1) is 22.6. The van der Waals surface area contributed by atoms with Crippen LogP contribution < -0.4 is 4.74 Å². The van der Waals surface area contributed by atoms with E-state index < -0.39 is 22.1 Å². The Kier molecular flexibility index (Phi) is 6.73. The second-order valence-corrected chi connectivity index (χ2v) is 9.34. The van der Waals surface area contributed by atoms with Crippen LogP contribution in [-0.4, -0.2) is 66.3 Å². The molecule has 1 saturated heterocycles. The lowest BCUT2D eigenvalue weighted by molar-refractivity contribution is -0.274. The average molecular weight is 446 g/mol. The van der Waals surface area contributed by atoms with E-state index in [1.54, 1.807) is 6.20 Å². The molecule has 0 amide bonds. The summed E-state index contributed by atoms with van der Waals surface area (Å²) in [4.78, 5) is 6.51. The van der Waals surface area contributed by atoms with Crippen LogP contribution in [0.1, 0.15) is 25.6 Å². The Hall–Kier alpha value is -2.11. The van der Waals surface area contributed by atoms with Crippen LogP contribution in [0.5, 0.6) is 5.75 Å². The van der Waals surface area contributed by atoms with Crippen LogP contribution in [0.25, 0.3) is 0 Å². The summed E-state index contributed by atoms with van der Waals surface area (Å²) in [5.41, 5.74) is 0. The number of rotatable bonds is 7. The van der Waals surface area contributed by atoms with E-state index in [9.17, 15) is 21.6 Å². The predicted molar refractivity (Wildman–Crippen MR) is 105 cm³/mol. The first-order valence-corrected chi connectivity index (χ1v) is 11.1. The molecule has 30 heavy (non-hydrogen) atoms. The van der Waals surface area contributed by atoms with Crippen molar-refractivity contribution in [2.24, 2.45) is 0 Å². The van der Waals surface area contributed by atoms with Crippen LogP contribution in [0.2, 0.25) is 0 Å². The van der Waals surface area contributed by atoms with E-state index in [1.807, 2.05) is 6.20 Å². The highest BCUT2D eigenvalue weighted by atomic mass is 32.2. The molecule has 11 heteroatoms. The minimum Gasteiger partial charge on any atom is -0.406 e. The van der Waals surface area contributed by atoms with Crippen LogP contribution in [0.3, 0.4) is 0 Å². The monoisotopic (exact) mass is 446 g/mol. The van der Waals surface area contributed by atoms with Gasteiger partial charge >= 0.3 is 6.36 Å². The first-order valence-electron chi connectivity index (χ1n) is 9.65. The second-order valence-electron chi connectivity index (χ2n) is 7.40. The number of alkyl halides is 3. The number of hydrogen-bond donors (Lipinski definition) is 0. The van der Waals surface area contributed by atoms with Gasteiger partial charge in [0.25, 0.3) is 0 Å².